The average Bonchev–Trinajstić information content (AvgIpc) is 3.08. The van der Waals surface area contributed by atoms with Gasteiger partial charge in [-0.05, 0) is 58.0 Å². The number of rotatable bonds is 10. The molecule has 0 aliphatic carbocycles. The number of carbonyl (C=O) groups is 2. The number of amides is 2. The summed E-state index contributed by atoms with van der Waals surface area (Å²) >= 11 is 2.75. The summed E-state index contributed by atoms with van der Waals surface area (Å²) in [5.74, 6) is 0.729. The number of thioether (sulfide) groups is 1. The summed E-state index contributed by atoms with van der Waals surface area (Å²) in [4.78, 5) is 26.8. The highest BCUT2D eigenvalue weighted by atomic mass is 32.2. The zero-order valence-corrected chi connectivity index (χ0v) is 19.7. The molecule has 1 saturated heterocycles. The summed E-state index contributed by atoms with van der Waals surface area (Å²) in [5.41, 5.74) is 1.86. The van der Waals surface area contributed by atoms with Crippen molar-refractivity contribution in [2.24, 2.45) is 0 Å². The number of carbonyl (C=O) groups excluding carboxylic acids is 2. The molecule has 3 rings (SSSR count). The molecule has 0 radical (unpaired) electrons. The van der Waals surface area contributed by atoms with Crippen LogP contribution in [-0.4, -0.2) is 58.8 Å². The summed E-state index contributed by atoms with van der Waals surface area (Å²) in [6.45, 7) is 6.16. The first-order chi connectivity index (χ1) is 15.1. The van der Waals surface area contributed by atoms with Crippen LogP contribution < -0.4 is 10.6 Å². The fourth-order valence-corrected chi connectivity index (χ4v) is 5.04. The molecule has 2 N–H and O–H groups in total. The van der Waals surface area contributed by atoms with Crippen molar-refractivity contribution in [1.29, 1.82) is 0 Å². The van der Waals surface area contributed by atoms with Gasteiger partial charge in [0.15, 0.2) is 0 Å². The molecule has 1 aromatic heterocycles. The van der Waals surface area contributed by atoms with Crippen LogP contribution in [-0.2, 0) is 10.5 Å². The Balaban J connectivity index is 1.29. The van der Waals surface area contributed by atoms with Crippen LogP contribution in [0, 0.1) is 6.92 Å². The van der Waals surface area contributed by atoms with Gasteiger partial charge < -0.3 is 15.5 Å². The molecule has 0 unspecified atom stereocenters. The Morgan fingerprint density at radius 2 is 1.84 bits per heavy atom. The largest absolute Gasteiger partial charge is 0.355 e. The highest BCUT2D eigenvalue weighted by molar-refractivity contribution is 7.99. The van der Waals surface area contributed by atoms with Gasteiger partial charge in [0.25, 0.3) is 5.91 Å². The maximum atomic E-state index is 12.3. The lowest BCUT2D eigenvalue weighted by Gasteiger charge is -2.19. The minimum Gasteiger partial charge on any atom is -0.355 e. The first kappa shape index (κ1) is 23.7. The Kier molecular flexibility index (Phi) is 9.77. The summed E-state index contributed by atoms with van der Waals surface area (Å²) < 4.78 is 0. The van der Waals surface area contributed by atoms with Gasteiger partial charge in [-0.25, -0.2) is 0 Å². The number of likely N-dealkylation sites (tertiary alicyclic amines) is 1. The lowest BCUT2D eigenvalue weighted by molar-refractivity contribution is -0.118. The predicted molar refractivity (Wildman–Crippen MR) is 128 cm³/mol. The van der Waals surface area contributed by atoms with Gasteiger partial charge in [-0.3, -0.25) is 9.59 Å². The molecule has 2 aromatic rings. The topological polar surface area (TPSA) is 87.2 Å². The number of aryl methyl sites for hydroxylation is 1. The van der Waals surface area contributed by atoms with Crippen molar-refractivity contribution < 1.29 is 9.59 Å². The Morgan fingerprint density at radius 3 is 2.58 bits per heavy atom. The van der Waals surface area contributed by atoms with Gasteiger partial charge in [-0.1, -0.05) is 41.9 Å². The number of hydrogen-bond donors (Lipinski definition) is 2. The van der Waals surface area contributed by atoms with Gasteiger partial charge in [0.1, 0.15) is 5.01 Å². The van der Waals surface area contributed by atoms with E-state index in [2.05, 4.69) is 25.7 Å². The first-order valence-electron chi connectivity index (χ1n) is 10.9. The van der Waals surface area contributed by atoms with E-state index in [1.54, 1.807) is 0 Å². The van der Waals surface area contributed by atoms with Gasteiger partial charge in [-0.15, -0.1) is 22.0 Å². The molecule has 9 heteroatoms. The summed E-state index contributed by atoms with van der Waals surface area (Å²) in [5, 5.41) is 14.9. The molecule has 0 atom stereocenters. The van der Waals surface area contributed by atoms with Crippen LogP contribution in [0.3, 0.4) is 0 Å². The summed E-state index contributed by atoms with van der Waals surface area (Å²) in [7, 11) is 0. The van der Waals surface area contributed by atoms with Gasteiger partial charge in [-0.2, -0.15) is 0 Å². The van der Waals surface area contributed by atoms with Crippen LogP contribution in [0.4, 0.5) is 5.69 Å². The van der Waals surface area contributed by atoms with E-state index >= 15 is 0 Å². The van der Waals surface area contributed by atoms with E-state index in [-0.39, 0.29) is 11.8 Å². The molecule has 1 fully saturated rings. The number of aromatic nitrogens is 2. The maximum absolute atomic E-state index is 12.3. The minimum atomic E-state index is -0.264. The summed E-state index contributed by atoms with van der Waals surface area (Å²) in [6.07, 6.45) is 6.27. The molecule has 2 amide bonds. The number of nitrogens with one attached hydrogen (secondary N) is 2. The lowest BCUT2D eigenvalue weighted by atomic mass is 10.2. The van der Waals surface area contributed by atoms with Crippen LogP contribution in [0.15, 0.2) is 24.3 Å². The second-order valence-electron chi connectivity index (χ2n) is 7.77. The van der Waals surface area contributed by atoms with E-state index in [0.29, 0.717) is 16.5 Å². The third-order valence-corrected chi connectivity index (χ3v) is 7.15. The molecule has 31 heavy (non-hydrogen) atoms. The Hall–Kier alpha value is -1.97. The number of nitrogens with zero attached hydrogens (tertiary/aromatic N) is 3. The van der Waals surface area contributed by atoms with Crippen molar-refractivity contribution in [3.63, 3.8) is 0 Å². The van der Waals surface area contributed by atoms with E-state index in [4.69, 9.17) is 0 Å². The molecule has 0 bridgehead atoms. The van der Waals surface area contributed by atoms with Crippen molar-refractivity contribution in [3.8, 4) is 0 Å². The van der Waals surface area contributed by atoms with E-state index in [0.717, 1.165) is 35.8 Å². The highest BCUT2D eigenvalue weighted by Crippen LogP contribution is 2.18. The van der Waals surface area contributed by atoms with Crippen molar-refractivity contribution in [3.05, 3.63) is 39.8 Å². The molecular weight excluding hydrogens is 430 g/mol. The second kappa shape index (κ2) is 12.8. The fourth-order valence-electron chi connectivity index (χ4n) is 3.40. The molecule has 168 valence electrons. The fraction of sp³-hybridized carbons (Fsp3) is 0.545. The highest BCUT2D eigenvalue weighted by Gasteiger charge is 2.14. The quantitative estimate of drug-likeness (QED) is 0.525. The van der Waals surface area contributed by atoms with Gasteiger partial charge >= 0.3 is 0 Å². The first-order valence-corrected chi connectivity index (χ1v) is 12.8. The van der Waals surface area contributed by atoms with Gasteiger partial charge in [0.2, 0.25) is 10.9 Å². The predicted octanol–water partition coefficient (Wildman–Crippen LogP) is 3.71. The number of hydrogen-bond acceptors (Lipinski definition) is 7. The third-order valence-electron chi connectivity index (χ3n) is 5.10. The second-order valence-corrected chi connectivity index (χ2v) is 9.82. The zero-order chi connectivity index (χ0) is 21.9. The van der Waals surface area contributed by atoms with Crippen LogP contribution in [0.1, 0.15) is 52.5 Å². The van der Waals surface area contributed by atoms with E-state index < -0.39 is 0 Å². The van der Waals surface area contributed by atoms with Gasteiger partial charge in [0, 0.05) is 18.0 Å². The molecule has 7 nitrogen and oxygen atoms in total. The van der Waals surface area contributed by atoms with Crippen molar-refractivity contribution in [2.75, 3.05) is 37.2 Å². The molecule has 2 heterocycles. The normalized spacial score (nSPS) is 14.7. The van der Waals surface area contributed by atoms with E-state index in [1.165, 1.54) is 61.9 Å². The Bertz CT molecular complexity index is 833. The lowest BCUT2D eigenvalue weighted by Crippen LogP contribution is -2.31. The molecule has 0 spiro atoms. The smallest absolute Gasteiger partial charge is 0.286 e. The van der Waals surface area contributed by atoms with Crippen LogP contribution in [0.25, 0.3) is 0 Å². The van der Waals surface area contributed by atoms with Crippen LogP contribution >= 0.6 is 23.1 Å². The Labute approximate surface area is 192 Å². The van der Waals surface area contributed by atoms with Crippen LogP contribution in [0.2, 0.25) is 0 Å². The molecule has 1 aliphatic heterocycles. The van der Waals surface area contributed by atoms with Crippen molar-refractivity contribution >= 4 is 40.6 Å². The van der Waals surface area contributed by atoms with E-state index in [9.17, 15) is 9.59 Å². The standard InChI is InChI=1S/C22H31N5O2S2/c1-17-7-9-18(10-8-17)24-21(29)22-26-25-20(31-22)16-30-15-19(28)23-11-6-14-27-12-4-2-3-5-13-27/h7-10H,2-6,11-16H2,1H3,(H,23,28)(H,24,29). The summed E-state index contributed by atoms with van der Waals surface area (Å²) in [6, 6.07) is 7.60. The van der Waals surface area contributed by atoms with Crippen LogP contribution in [0.5, 0.6) is 0 Å². The molecule has 1 aliphatic rings. The third kappa shape index (κ3) is 8.59. The monoisotopic (exact) mass is 461 g/mol. The number of benzene rings is 1. The Morgan fingerprint density at radius 1 is 1.10 bits per heavy atom. The number of anilines is 1. The van der Waals surface area contributed by atoms with Gasteiger partial charge in [0.05, 0.1) is 5.75 Å². The van der Waals surface area contributed by atoms with E-state index in [1.807, 2.05) is 31.2 Å². The SMILES string of the molecule is Cc1ccc(NC(=O)c2nnc(CSCC(=O)NCCCN3CCCCCC3)s2)cc1. The van der Waals surface area contributed by atoms with Crippen molar-refractivity contribution in [1.82, 2.24) is 20.4 Å². The maximum Gasteiger partial charge on any atom is 0.286 e. The van der Waals surface area contributed by atoms with Crippen molar-refractivity contribution in [2.45, 2.75) is 44.8 Å². The molecule has 0 saturated carbocycles. The minimum absolute atomic E-state index is 0.0442. The average molecular weight is 462 g/mol. The molecule has 1 aromatic carbocycles. The molecular formula is C22H31N5O2S2. The zero-order valence-electron chi connectivity index (χ0n) is 18.1.